The topological polar surface area (TPSA) is 66.8 Å². The van der Waals surface area contributed by atoms with E-state index in [0.29, 0.717) is 30.6 Å². The summed E-state index contributed by atoms with van der Waals surface area (Å²) in [5.74, 6) is 1.46. The van der Waals surface area contributed by atoms with Gasteiger partial charge < -0.3 is 14.9 Å². The SMILES string of the molecule is CO[C@@H](C=C(C)[C@H]1CC[C@H]2C3=CC(=O)[C@H]4CC(=CC[C@H](O)C4)[C@H]3CC[C@]12C)[C@H](C)O. The molecule has 8 atom stereocenters. The van der Waals surface area contributed by atoms with Crippen molar-refractivity contribution in [2.24, 2.45) is 29.1 Å². The molecule has 4 aliphatic carbocycles. The first-order chi connectivity index (χ1) is 14.2. The number of rotatable bonds is 4. The lowest BCUT2D eigenvalue weighted by Crippen LogP contribution is -2.38. The van der Waals surface area contributed by atoms with Gasteiger partial charge in [0.1, 0.15) is 6.10 Å². The lowest BCUT2D eigenvalue weighted by atomic mass is 9.58. The highest BCUT2D eigenvalue weighted by Crippen LogP contribution is 2.62. The van der Waals surface area contributed by atoms with Gasteiger partial charge in [0, 0.05) is 18.9 Å². The van der Waals surface area contributed by atoms with E-state index in [1.54, 1.807) is 14.0 Å². The zero-order valence-corrected chi connectivity index (χ0v) is 18.9. The summed E-state index contributed by atoms with van der Waals surface area (Å²) in [5, 5.41) is 20.2. The van der Waals surface area contributed by atoms with Crippen molar-refractivity contribution in [1.29, 1.82) is 0 Å². The molecule has 2 bridgehead atoms. The first kappa shape index (κ1) is 22.0. The first-order valence-electron chi connectivity index (χ1n) is 11.8. The van der Waals surface area contributed by atoms with Crippen molar-refractivity contribution in [3.8, 4) is 0 Å². The maximum absolute atomic E-state index is 13.1. The van der Waals surface area contributed by atoms with Crippen LogP contribution in [0.3, 0.4) is 0 Å². The molecular formula is C26H38O4. The second-order valence-corrected chi connectivity index (χ2v) is 10.5. The van der Waals surface area contributed by atoms with Crippen molar-refractivity contribution < 1.29 is 19.7 Å². The van der Waals surface area contributed by atoms with Gasteiger partial charge in [-0.2, -0.15) is 0 Å². The standard InChI is InChI=1S/C26H38O4/c1-15(11-25(30-4)16(2)27)22-7-8-23-21-14-24(29)18-12-17(5-6-19(28)13-18)20(21)9-10-26(22,23)3/h5,11,14,16,18-20,22-23,25,27-28H,6-10,12-13H2,1-4H3/t16-,18-,19-,20+,22+,23-,25-,26+/m0/s1. The van der Waals surface area contributed by atoms with Gasteiger partial charge in [-0.05, 0) is 82.1 Å². The summed E-state index contributed by atoms with van der Waals surface area (Å²) in [4.78, 5) is 13.1. The summed E-state index contributed by atoms with van der Waals surface area (Å²) >= 11 is 0. The number of hydrogen-bond acceptors (Lipinski definition) is 4. The van der Waals surface area contributed by atoms with Gasteiger partial charge >= 0.3 is 0 Å². The normalized spacial score (nSPS) is 41.1. The average molecular weight is 415 g/mol. The fourth-order valence-corrected chi connectivity index (χ4v) is 7.07. The number of methoxy groups -OCH3 is 1. The van der Waals surface area contributed by atoms with Crippen LogP contribution in [0.4, 0.5) is 0 Å². The minimum absolute atomic E-state index is 0.0505. The van der Waals surface area contributed by atoms with Crippen LogP contribution in [0.5, 0.6) is 0 Å². The summed E-state index contributed by atoms with van der Waals surface area (Å²) < 4.78 is 5.48. The third kappa shape index (κ3) is 3.76. The van der Waals surface area contributed by atoms with Crippen molar-refractivity contribution in [2.75, 3.05) is 7.11 Å². The van der Waals surface area contributed by atoms with Crippen LogP contribution in [-0.2, 0) is 9.53 Å². The fraction of sp³-hybridized carbons (Fsp3) is 0.731. The van der Waals surface area contributed by atoms with Crippen LogP contribution in [0.1, 0.15) is 65.7 Å². The van der Waals surface area contributed by atoms with Crippen LogP contribution in [0.15, 0.2) is 34.9 Å². The minimum atomic E-state index is -0.529. The number of carbonyl (C=O) groups excluding carboxylic acids is 1. The van der Waals surface area contributed by atoms with Gasteiger partial charge in [-0.3, -0.25) is 4.79 Å². The second kappa shape index (κ2) is 8.37. The van der Waals surface area contributed by atoms with Crippen molar-refractivity contribution in [3.63, 3.8) is 0 Å². The summed E-state index contributed by atoms with van der Waals surface area (Å²) in [6.45, 7) is 6.38. The Morgan fingerprint density at radius 1 is 1.33 bits per heavy atom. The Morgan fingerprint density at radius 3 is 2.80 bits per heavy atom. The molecule has 0 aromatic carbocycles. The highest BCUT2D eigenvalue weighted by Gasteiger charge is 2.53. The molecule has 2 saturated carbocycles. The number of fused-ring (bicyclic) bond motifs is 6. The Labute approximate surface area is 181 Å². The molecule has 2 N–H and O–H groups in total. The van der Waals surface area contributed by atoms with Crippen LogP contribution in [0.2, 0.25) is 0 Å². The highest BCUT2D eigenvalue weighted by atomic mass is 16.5. The molecule has 0 unspecified atom stereocenters. The second-order valence-electron chi connectivity index (χ2n) is 10.5. The number of hydrogen-bond donors (Lipinski definition) is 2. The molecule has 166 valence electrons. The molecule has 0 radical (unpaired) electrons. The maximum atomic E-state index is 13.1. The number of allylic oxidation sites excluding steroid dienone is 4. The zero-order chi connectivity index (χ0) is 21.6. The number of ether oxygens (including phenoxy) is 1. The highest BCUT2D eigenvalue weighted by molar-refractivity contribution is 5.93. The predicted octanol–water partition coefficient (Wildman–Crippen LogP) is 4.37. The van der Waals surface area contributed by atoms with Gasteiger partial charge in [-0.1, -0.05) is 35.8 Å². The van der Waals surface area contributed by atoms with E-state index in [0.717, 1.165) is 32.1 Å². The molecule has 0 aliphatic heterocycles. The smallest absolute Gasteiger partial charge is 0.159 e. The van der Waals surface area contributed by atoms with Gasteiger partial charge in [0.05, 0.1) is 12.2 Å². The van der Waals surface area contributed by atoms with Crippen LogP contribution < -0.4 is 0 Å². The number of aliphatic hydroxyl groups excluding tert-OH is 2. The van der Waals surface area contributed by atoms with Crippen LogP contribution in [0.25, 0.3) is 0 Å². The van der Waals surface area contributed by atoms with Gasteiger partial charge in [0.25, 0.3) is 0 Å². The van der Waals surface area contributed by atoms with Gasteiger partial charge in [0.15, 0.2) is 5.78 Å². The van der Waals surface area contributed by atoms with Crippen molar-refractivity contribution in [2.45, 2.75) is 84.0 Å². The predicted molar refractivity (Wildman–Crippen MR) is 118 cm³/mol. The molecule has 2 fully saturated rings. The Morgan fingerprint density at radius 2 is 2.10 bits per heavy atom. The van der Waals surface area contributed by atoms with E-state index in [-0.39, 0.29) is 29.3 Å². The quantitative estimate of drug-likeness (QED) is 0.671. The van der Waals surface area contributed by atoms with E-state index in [1.807, 2.05) is 6.08 Å². The van der Waals surface area contributed by atoms with E-state index in [9.17, 15) is 15.0 Å². The summed E-state index contributed by atoms with van der Waals surface area (Å²) in [6.07, 6.45) is 11.8. The third-order valence-electron chi connectivity index (χ3n) is 8.69. The molecule has 4 nitrogen and oxygen atoms in total. The van der Waals surface area contributed by atoms with E-state index >= 15 is 0 Å². The number of aliphatic hydroxyl groups is 2. The summed E-state index contributed by atoms with van der Waals surface area (Å²) in [7, 11) is 1.65. The van der Waals surface area contributed by atoms with E-state index in [1.165, 1.54) is 16.7 Å². The monoisotopic (exact) mass is 414 g/mol. The molecule has 0 aromatic rings. The lowest BCUT2D eigenvalue weighted by Gasteiger charge is -2.46. The first-order valence-corrected chi connectivity index (χ1v) is 11.8. The van der Waals surface area contributed by atoms with Crippen molar-refractivity contribution >= 4 is 5.78 Å². The van der Waals surface area contributed by atoms with Gasteiger partial charge in [0.2, 0.25) is 0 Å². The molecule has 30 heavy (non-hydrogen) atoms. The van der Waals surface area contributed by atoms with Crippen LogP contribution >= 0.6 is 0 Å². The molecule has 0 saturated heterocycles. The zero-order valence-electron chi connectivity index (χ0n) is 18.9. The molecule has 0 aromatic heterocycles. The summed E-state index contributed by atoms with van der Waals surface area (Å²) in [6, 6.07) is 0. The third-order valence-corrected chi connectivity index (χ3v) is 8.69. The lowest BCUT2D eigenvalue weighted by molar-refractivity contribution is -0.119. The van der Waals surface area contributed by atoms with E-state index in [2.05, 4.69) is 26.0 Å². The van der Waals surface area contributed by atoms with Crippen LogP contribution in [-0.4, -0.2) is 41.4 Å². The fourth-order valence-electron chi connectivity index (χ4n) is 7.07. The Kier molecular flexibility index (Phi) is 6.13. The number of carbonyl (C=O) groups is 1. The number of ketones is 1. The van der Waals surface area contributed by atoms with Crippen molar-refractivity contribution in [3.05, 3.63) is 34.9 Å². The van der Waals surface area contributed by atoms with Gasteiger partial charge in [-0.15, -0.1) is 0 Å². The van der Waals surface area contributed by atoms with Gasteiger partial charge in [-0.25, -0.2) is 0 Å². The Balaban J connectivity index is 1.65. The Bertz CT molecular complexity index is 776. The van der Waals surface area contributed by atoms with E-state index in [4.69, 9.17) is 4.74 Å². The van der Waals surface area contributed by atoms with Crippen LogP contribution in [0, 0.1) is 29.1 Å². The molecule has 0 amide bonds. The molecule has 4 heteroatoms. The maximum Gasteiger partial charge on any atom is 0.159 e. The van der Waals surface area contributed by atoms with E-state index < -0.39 is 6.10 Å². The average Bonchev–Trinajstić information content (AvgIpc) is 2.84. The Hall–Kier alpha value is -1.23. The molecule has 4 aliphatic rings. The molecule has 0 spiro atoms. The minimum Gasteiger partial charge on any atom is -0.393 e. The van der Waals surface area contributed by atoms with Crippen molar-refractivity contribution in [1.82, 2.24) is 0 Å². The molecule has 4 rings (SSSR count). The molecule has 0 heterocycles. The largest absolute Gasteiger partial charge is 0.393 e. The molecular weight excluding hydrogens is 376 g/mol. The summed E-state index contributed by atoms with van der Waals surface area (Å²) in [5.41, 5.74) is 4.23.